The van der Waals surface area contributed by atoms with Crippen LogP contribution in [0.3, 0.4) is 0 Å². The number of aryl methyl sites for hydroxylation is 1. The van der Waals surface area contributed by atoms with Crippen LogP contribution >= 0.6 is 11.3 Å². The van der Waals surface area contributed by atoms with Gasteiger partial charge in [-0.15, -0.1) is 0 Å². The number of benzene rings is 2. The number of hydrogen-bond acceptors (Lipinski definition) is 4. The molecule has 0 atom stereocenters. The number of anilines is 1. The first-order valence-corrected chi connectivity index (χ1v) is 5.70. The van der Waals surface area contributed by atoms with Crippen molar-refractivity contribution in [3.63, 3.8) is 0 Å². The van der Waals surface area contributed by atoms with Gasteiger partial charge in [-0.3, -0.25) is 0 Å². The SMILES string of the molecule is Cc1cccc2c(N)cc3sc(=O)oc3c12. The van der Waals surface area contributed by atoms with Crippen molar-refractivity contribution in [3.05, 3.63) is 39.6 Å². The third-order valence-electron chi connectivity index (χ3n) is 2.70. The molecule has 0 bridgehead atoms. The monoisotopic (exact) mass is 231 g/mol. The zero-order valence-corrected chi connectivity index (χ0v) is 9.43. The van der Waals surface area contributed by atoms with Gasteiger partial charge in [-0.1, -0.05) is 29.5 Å². The third kappa shape index (κ3) is 1.17. The molecule has 0 saturated carbocycles. The molecule has 0 spiro atoms. The second-order valence-corrected chi connectivity index (χ2v) is 4.72. The summed E-state index contributed by atoms with van der Waals surface area (Å²) in [7, 11) is 0. The lowest BCUT2D eigenvalue weighted by Crippen LogP contribution is -1.88. The van der Waals surface area contributed by atoms with Crippen molar-refractivity contribution < 1.29 is 4.42 Å². The van der Waals surface area contributed by atoms with Crippen LogP contribution < -0.4 is 10.7 Å². The van der Waals surface area contributed by atoms with Crippen molar-refractivity contribution in [1.29, 1.82) is 0 Å². The summed E-state index contributed by atoms with van der Waals surface area (Å²) in [5, 5.41) is 1.88. The van der Waals surface area contributed by atoms with Crippen molar-refractivity contribution in [2.45, 2.75) is 6.92 Å². The van der Waals surface area contributed by atoms with E-state index in [9.17, 15) is 4.79 Å². The predicted molar refractivity (Wildman–Crippen MR) is 67.0 cm³/mol. The molecule has 4 heteroatoms. The van der Waals surface area contributed by atoms with Crippen LogP contribution in [0.2, 0.25) is 0 Å². The van der Waals surface area contributed by atoms with E-state index in [2.05, 4.69) is 0 Å². The van der Waals surface area contributed by atoms with Crippen LogP contribution in [0.5, 0.6) is 0 Å². The first-order chi connectivity index (χ1) is 7.66. The van der Waals surface area contributed by atoms with E-state index in [1.165, 1.54) is 0 Å². The molecule has 2 aromatic carbocycles. The highest BCUT2D eigenvalue weighted by atomic mass is 32.1. The highest BCUT2D eigenvalue weighted by Gasteiger charge is 2.11. The molecule has 3 rings (SSSR count). The maximum absolute atomic E-state index is 11.3. The molecule has 1 heterocycles. The smallest absolute Gasteiger partial charge is 0.396 e. The summed E-state index contributed by atoms with van der Waals surface area (Å²) in [5.74, 6) is 0. The second kappa shape index (κ2) is 3.09. The molecule has 0 amide bonds. The Bertz CT molecular complexity index is 755. The summed E-state index contributed by atoms with van der Waals surface area (Å²) < 4.78 is 6.03. The second-order valence-electron chi connectivity index (χ2n) is 3.74. The topological polar surface area (TPSA) is 56.2 Å². The van der Waals surface area contributed by atoms with E-state index in [0.29, 0.717) is 11.3 Å². The number of nitrogens with two attached hydrogens (primary N) is 1. The summed E-state index contributed by atoms with van der Waals surface area (Å²) in [6.45, 7) is 1.98. The Morgan fingerprint density at radius 2 is 2.19 bits per heavy atom. The van der Waals surface area contributed by atoms with Gasteiger partial charge in [0.05, 0.1) is 4.70 Å². The van der Waals surface area contributed by atoms with Crippen molar-refractivity contribution >= 4 is 38.1 Å². The molecule has 0 saturated heterocycles. The van der Waals surface area contributed by atoms with Gasteiger partial charge in [0.25, 0.3) is 0 Å². The van der Waals surface area contributed by atoms with Crippen LogP contribution in [0.4, 0.5) is 5.69 Å². The molecule has 0 aliphatic rings. The number of hydrogen-bond donors (Lipinski definition) is 1. The number of nitrogen functional groups attached to an aromatic ring is 1. The molecule has 0 aliphatic carbocycles. The van der Waals surface area contributed by atoms with E-state index in [0.717, 1.165) is 32.4 Å². The van der Waals surface area contributed by atoms with Crippen LogP contribution in [0.25, 0.3) is 21.1 Å². The Labute approximate surface area is 95.1 Å². The fraction of sp³-hybridized carbons (Fsp3) is 0.0833. The normalized spacial score (nSPS) is 11.3. The third-order valence-corrected chi connectivity index (χ3v) is 3.47. The average Bonchev–Trinajstić information content (AvgIpc) is 2.59. The summed E-state index contributed by atoms with van der Waals surface area (Å²) in [4.78, 5) is 11.0. The summed E-state index contributed by atoms with van der Waals surface area (Å²) in [6, 6.07) is 7.67. The van der Waals surface area contributed by atoms with Crippen LogP contribution in [0.15, 0.2) is 33.5 Å². The quantitative estimate of drug-likeness (QED) is 0.605. The van der Waals surface area contributed by atoms with E-state index < -0.39 is 0 Å². The van der Waals surface area contributed by atoms with Gasteiger partial charge < -0.3 is 10.2 Å². The van der Waals surface area contributed by atoms with E-state index in [1.54, 1.807) is 6.07 Å². The molecular formula is C12H9NO2S. The minimum Gasteiger partial charge on any atom is -0.413 e. The standard InChI is InChI=1S/C12H9NO2S/c1-6-3-2-4-7-8(13)5-9-11(10(6)7)15-12(14)16-9/h2-5H,13H2,1H3. The summed E-state index contributed by atoms with van der Waals surface area (Å²) in [6.07, 6.45) is 0. The van der Waals surface area contributed by atoms with Crippen LogP contribution in [0, 0.1) is 6.92 Å². The van der Waals surface area contributed by atoms with Crippen molar-refractivity contribution in [2.24, 2.45) is 0 Å². The van der Waals surface area contributed by atoms with E-state index in [4.69, 9.17) is 10.2 Å². The minimum atomic E-state index is -0.287. The highest BCUT2D eigenvalue weighted by Crippen LogP contribution is 2.33. The van der Waals surface area contributed by atoms with Crippen molar-refractivity contribution in [1.82, 2.24) is 0 Å². The average molecular weight is 231 g/mol. The first-order valence-electron chi connectivity index (χ1n) is 4.88. The first kappa shape index (κ1) is 9.42. The maximum atomic E-state index is 11.3. The molecule has 3 nitrogen and oxygen atoms in total. The zero-order chi connectivity index (χ0) is 11.3. The largest absolute Gasteiger partial charge is 0.413 e. The van der Waals surface area contributed by atoms with E-state index >= 15 is 0 Å². The summed E-state index contributed by atoms with van der Waals surface area (Å²) in [5.41, 5.74) is 8.36. The Kier molecular flexibility index (Phi) is 1.82. The van der Waals surface area contributed by atoms with Crippen LogP contribution in [-0.2, 0) is 0 Å². The maximum Gasteiger partial charge on any atom is 0.396 e. The minimum absolute atomic E-state index is 0.287. The molecule has 3 aromatic rings. The number of fused-ring (bicyclic) bond motifs is 3. The zero-order valence-electron chi connectivity index (χ0n) is 8.61. The van der Waals surface area contributed by atoms with Crippen molar-refractivity contribution in [2.75, 3.05) is 5.73 Å². The Morgan fingerprint density at radius 3 is 3.00 bits per heavy atom. The Balaban J connectivity index is 2.71. The van der Waals surface area contributed by atoms with Crippen LogP contribution in [-0.4, -0.2) is 0 Å². The van der Waals surface area contributed by atoms with Gasteiger partial charge in [-0.25, -0.2) is 4.79 Å². The van der Waals surface area contributed by atoms with E-state index in [-0.39, 0.29) is 4.94 Å². The van der Waals surface area contributed by atoms with Gasteiger partial charge in [0.15, 0.2) is 5.58 Å². The lowest BCUT2D eigenvalue weighted by molar-refractivity contribution is 0.588. The number of rotatable bonds is 0. The van der Waals surface area contributed by atoms with Gasteiger partial charge in [0.1, 0.15) is 0 Å². The van der Waals surface area contributed by atoms with E-state index in [1.807, 2.05) is 25.1 Å². The molecule has 0 unspecified atom stereocenters. The fourth-order valence-corrected chi connectivity index (χ4v) is 2.72. The molecule has 1 aromatic heterocycles. The van der Waals surface area contributed by atoms with Crippen LogP contribution in [0.1, 0.15) is 5.56 Å². The molecular weight excluding hydrogens is 222 g/mol. The lowest BCUT2D eigenvalue weighted by Gasteiger charge is -2.04. The molecule has 0 aliphatic heterocycles. The fourth-order valence-electron chi connectivity index (χ4n) is 1.99. The molecule has 0 fully saturated rings. The van der Waals surface area contributed by atoms with Crippen molar-refractivity contribution in [3.8, 4) is 0 Å². The predicted octanol–water partition coefficient (Wildman–Crippen LogP) is 2.90. The molecule has 16 heavy (non-hydrogen) atoms. The van der Waals surface area contributed by atoms with Gasteiger partial charge in [0.2, 0.25) is 0 Å². The summed E-state index contributed by atoms with van der Waals surface area (Å²) >= 11 is 1.09. The van der Waals surface area contributed by atoms with Gasteiger partial charge >= 0.3 is 4.94 Å². The molecule has 80 valence electrons. The van der Waals surface area contributed by atoms with Gasteiger partial charge in [0, 0.05) is 16.5 Å². The molecule has 2 N–H and O–H groups in total. The Morgan fingerprint density at radius 1 is 1.38 bits per heavy atom. The Hall–Kier alpha value is -1.81. The highest BCUT2D eigenvalue weighted by molar-refractivity contribution is 7.16. The lowest BCUT2D eigenvalue weighted by atomic mass is 10.0. The molecule has 0 radical (unpaired) electrons. The van der Waals surface area contributed by atoms with Gasteiger partial charge in [-0.2, -0.15) is 0 Å². The van der Waals surface area contributed by atoms with Gasteiger partial charge in [-0.05, 0) is 18.6 Å².